The van der Waals surface area contributed by atoms with Gasteiger partial charge in [-0.2, -0.15) is 5.10 Å². The fourth-order valence-electron chi connectivity index (χ4n) is 3.56. The Labute approximate surface area is 127 Å². The molecule has 118 valence electrons. The van der Waals surface area contributed by atoms with Gasteiger partial charge in [-0.1, -0.05) is 13.3 Å². The highest BCUT2D eigenvalue weighted by molar-refractivity contribution is 7.91. The third-order valence-electron chi connectivity index (χ3n) is 4.66. The summed E-state index contributed by atoms with van der Waals surface area (Å²) in [5, 5.41) is 8.17. The molecule has 2 aliphatic rings. The molecule has 5 nitrogen and oxygen atoms in total. The van der Waals surface area contributed by atoms with E-state index in [-0.39, 0.29) is 11.8 Å². The average molecular weight is 311 g/mol. The van der Waals surface area contributed by atoms with E-state index in [1.54, 1.807) is 0 Å². The maximum Gasteiger partial charge on any atom is 0.152 e. The average Bonchev–Trinajstić information content (AvgIpc) is 2.95. The number of hydrogen-bond acceptors (Lipinski definition) is 4. The molecule has 6 heteroatoms. The zero-order valence-corrected chi connectivity index (χ0v) is 13.5. The first kappa shape index (κ1) is 15.0. The summed E-state index contributed by atoms with van der Waals surface area (Å²) in [4.78, 5) is 0. The van der Waals surface area contributed by atoms with Crippen molar-refractivity contribution in [3.05, 3.63) is 17.5 Å². The van der Waals surface area contributed by atoms with Crippen LogP contribution in [0, 0.1) is 0 Å². The van der Waals surface area contributed by atoms with Crippen molar-refractivity contribution in [2.24, 2.45) is 0 Å². The van der Waals surface area contributed by atoms with Gasteiger partial charge < -0.3 is 5.32 Å². The molecular formula is C15H25N3O2S. The largest absolute Gasteiger partial charge is 0.310 e. The molecule has 0 bridgehead atoms. The standard InChI is InChI=1S/C15H25N3O2S/c1-2-8-16-14-5-3-4-6-15-13(14)10-17-18(15)12-7-9-21(19,20)11-12/h10,12,14,16H,2-9,11H2,1H3. The predicted octanol–water partition coefficient (Wildman–Crippen LogP) is 2.01. The molecule has 1 fully saturated rings. The van der Waals surface area contributed by atoms with Crippen LogP contribution in [0.5, 0.6) is 0 Å². The summed E-state index contributed by atoms with van der Waals surface area (Å²) < 4.78 is 25.5. The van der Waals surface area contributed by atoms with E-state index in [1.807, 2.05) is 10.9 Å². The molecule has 0 saturated carbocycles. The number of nitrogens with zero attached hydrogens (tertiary/aromatic N) is 2. The molecule has 2 atom stereocenters. The number of aromatic nitrogens is 2. The summed E-state index contributed by atoms with van der Waals surface area (Å²) in [7, 11) is -2.86. The van der Waals surface area contributed by atoms with E-state index < -0.39 is 9.84 Å². The molecule has 2 heterocycles. The number of sulfone groups is 1. The first-order chi connectivity index (χ1) is 10.1. The number of hydrogen-bond donors (Lipinski definition) is 1. The maximum atomic E-state index is 11.7. The Bertz CT molecular complexity index is 594. The Kier molecular flexibility index (Phi) is 4.36. The summed E-state index contributed by atoms with van der Waals surface area (Å²) in [5.41, 5.74) is 2.56. The van der Waals surface area contributed by atoms with Gasteiger partial charge in [0.25, 0.3) is 0 Å². The SMILES string of the molecule is CCCNC1CCCCc2c1cnn2C1CCS(=O)(=O)C1. The molecule has 0 radical (unpaired) electrons. The lowest BCUT2D eigenvalue weighted by atomic mass is 10.1. The van der Waals surface area contributed by atoms with E-state index >= 15 is 0 Å². The van der Waals surface area contributed by atoms with Gasteiger partial charge in [0.15, 0.2) is 9.84 Å². The number of rotatable bonds is 4. The summed E-state index contributed by atoms with van der Waals surface area (Å²) >= 11 is 0. The van der Waals surface area contributed by atoms with Crippen molar-refractivity contribution in [3.8, 4) is 0 Å². The fraction of sp³-hybridized carbons (Fsp3) is 0.800. The highest BCUT2D eigenvalue weighted by Gasteiger charge is 2.32. The zero-order valence-electron chi connectivity index (χ0n) is 12.7. The van der Waals surface area contributed by atoms with Crippen molar-refractivity contribution < 1.29 is 8.42 Å². The van der Waals surface area contributed by atoms with E-state index in [9.17, 15) is 8.42 Å². The second-order valence-electron chi connectivity index (χ2n) is 6.30. The highest BCUT2D eigenvalue weighted by atomic mass is 32.2. The van der Waals surface area contributed by atoms with Gasteiger partial charge in [-0.3, -0.25) is 4.68 Å². The van der Waals surface area contributed by atoms with Crippen molar-refractivity contribution in [1.29, 1.82) is 0 Å². The van der Waals surface area contributed by atoms with Gasteiger partial charge >= 0.3 is 0 Å². The second-order valence-corrected chi connectivity index (χ2v) is 8.53. The minimum absolute atomic E-state index is 0.0451. The van der Waals surface area contributed by atoms with Crippen LogP contribution >= 0.6 is 0 Å². The first-order valence-corrected chi connectivity index (χ1v) is 9.93. The minimum atomic E-state index is -2.86. The Morgan fingerprint density at radius 1 is 1.38 bits per heavy atom. The molecule has 0 aromatic carbocycles. The third kappa shape index (κ3) is 3.16. The first-order valence-electron chi connectivity index (χ1n) is 8.11. The lowest BCUT2D eigenvalue weighted by molar-refractivity contribution is 0.477. The summed E-state index contributed by atoms with van der Waals surface area (Å²) in [5.74, 6) is 0.567. The molecule has 1 aliphatic carbocycles. The molecule has 2 unspecified atom stereocenters. The van der Waals surface area contributed by atoms with E-state index in [4.69, 9.17) is 0 Å². The van der Waals surface area contributed by atoms with E-state index in [0.29, 0.717) is 18.2 Å². The lowest BCUT2D eigenvalue weighted by Gasteiger charge is -2.17. The van der Waals surface area contributed by atoms with Gasteiger partial charge in [0, 0.05) is 17.3 Å². The van der Waals surface area contributed by atoms with Crippen LogP contribution < -0.4 is 5.32 Å². The quantitative estimate of drug-likeness (QED) is 0.864. The number of nitrogens with one attached hydrogen (secondary N) is 1. The molecule has 1 saturated heterocycles. The van der Waals surface area contributed by atoms with Crippen molar-refractivity contribution in [2.45, 2.75) is 57.5 Å². The fourth-order valence-corrected chi connectivity index (χ4v) is 5.25. The van der Waals surface area contributed by atoms with Crippen LogP contribution in [-0.4, -0.2) is 36.2 Å². The van der Waals surface area contributed by atoms with Crippen molar-refractivity contribution in [2.75, 3.05) is 18.1 Å². The van der Waals surface area contributed by atoms with Gasteiger partial charge in [0.05, 0.1) is 23.7 Å². The summed E-state index contributed by atoms with van der Waals surface area (Å²) in [6.07, 6.45) is 8.38. The van der Waals surface area contributed by atoms with E-state index in [0.717, 1.165) is 25.8 Å². The molecule has 21 heavy (non-hydrogen) atoms. The Morgan fingerprint density at radius 3 is 2.95 bits per heavy atom. The highest BCUT2D eigenvalue weighted by Crippen LogP contribution is 2.32. The summed E-state index contributed by atoms with van der Waals surface area (Å²) in [6.45, 7) is 3.20. The smallest absolute Gasteiger partial charge is 0.152 e. The molecule has 1 aliphatic heterocycles. The lowest BCUT2D eigenvalue weighted by Crippen LogP contribution is -2.22. The van der Waals surface area contributed by atoms with Gasteiger partial charge in [0.2, 0.25) is 0 Å². The topological polar surface area (TPSA) is 64.0 Å². The van der Waals surface area contributed by atoms with Gasteiger partial charge in [-0.25, -0.2) is 8.42 Å². The van der Waals surface area contributed by atoms with Gasteiger partial charge in [-0.05, 0) is 38.6 Å². The van der Waals surface area contributed by atoms with E-state index in [2.05, 4.69) is 17.3 Å². The van der Waals surface area contributed by atoms with Gasteiger partial charge in [0.1, 0.15) is 0 Å². The molecular weight excluding hydrogens is 286 g/mol. The van der Waals surface area contributed by atoms with Crippen molar-refractivity contribution in [3.63, 3.8) is 0 Å². The Morgan fingerprint density at radius 2 is 2.24 bits per heavy atom. The Balaban J connectivity index is 1.86. The predicted molar refractivity (Wildman–Crippen MR) is 83.1 cm³/mol. The third-order valence-corrected chi connectivity index (χ3v) is 6.41. The van der Waals surface area contributed by atoms with Gasteiger partial charge in [-0.15, -0.1) is 0 Å². The van der Waals surface area contributed by atoms with Crippen LogP contribution in [0.3, 0.4) is 0 Å². The van der Waals surface area contributed by atoms with Crippen LogP contribution in [0.2, 0.25) is 0 Å². The second kappa shape index (κ2) is 6.08. The van der Waals surface area contributed by atoms with Crippen molar-refractivity contribution in [1.82, 2.24) is 15.1 Å². The molecule has 1 aromatic heterocycles. The Hall–Kier alpha value is -0.880. The van der Waals surface area contributed by atoms with Crippen molar-refractivity contribution >= 4 is 9.84 Å². The molecule has 3 rings (SSSR count). The number of fused-ring (bicyclic) bond motifs is 1. The minimum Gasteiger partial charge on any atom is -0.310 e. The molecule has 1 N–H and O–H groups in total. The molecule has 1 aromatic rings. The van der Waals surface area contributed by atoms with Crippen LogP contribution in [0.4, 0.5) is 0 Å². The zero-order chi connectivity index (χ0) is 14.9. The van der Waals surface area contributed by atoms with Crippen LogP contribution in [0.15, 0.2) is 6.20 Å². The van der Waals surface area contributed by atoms with Crippen LogP contribution in [0.25, 0.3) is 0 Å². The van der Waals surface area contributed by atoms with Crippen LogP contribution in [-0.2, 0) is 16.3 Å². The molecule has 0 amide bonds. The summed E-state index contributed by atoms with van der Waals surface area (Å²) in [6, 6.07) is 0.429. The molecule has 0 spiro atoms. The maximum absolute atomic E-state index is 11.7. The normalized spacial score (nSPS) is 28.2. The van der Waals surface area contributed by atoms with Crippen LogP contribution in [0.1, 0.15) is 62.4 Å². The van der Waals surface area contributed by atoms with E-state index in [1.165, 1.54) is 24.1 Å². The monoisotopic (exact) mass is 311 g/mol.